The second-order valence-corrected chi connectivity index (χ2v) is 4.24. The smallest absolute Gasteiger partial charge is 0.223 e. The summed E-state index contributed by atoms with van der Waals surface area (Å²) >= 11 is 0. The summed E-state index contributed by atoms with van der Waals surface area (Å²) < 4.78 is 0. The number of primary amides is 1. The Balaban J connectivity index is 2.03. The van der Waals surface area contributed by atoms with E-state index in [1.807, 2.05) is 0 Å². The van der Waals surface area contributed by atoms with Crippen LogP contribution in [0.15, 0.2) is 0 Å². The van der Waals surface area contributed by atoms with Crippen molar-refractivity contribution in [1.82, 2.24) is 10.6 Å². The van der Waals surface area contributed by atoms with Gasteiger partial charge >= 0.3 is 0 Å². The highest BCUT2D eigenvalue weighted by molar-refractivity contribution is 5.78. The Morgan fingerprint density at radius 3 is 2.56 bits per heavy atom. The lowest BCUT2D eigenvalue weighted by Gasteiger charge is -2.21. The summed E-state index contributed by atoms with van der Waals surface area (Å²) in [7, 11) is 0. The second-order valence-electron chi connectivity index (χ2n) is 4.24. The van der Waals surface area contributed by atoms with Crippen molar-refractivity contribution in [2.75, 3.05) is 19.6 Å². The molecular weight excluding hydrogens is 206 g/mol. The number of unbranched alkanes of at least 4 members (excludes halogenated alkanes) is 1. The monoisotopic (exact) mass is 227 g/mol. The van der Waals surface area contributed by atoms with Crippen molar-refractivity contribution < 1.29 is 9.59 Å². The zero-order valence-corrected chi connectivity index (χ0v) is 9.63. The molecule has 1 aliphatic rings. The lowest BCUT2D eigenvalue weighted by Crippen LogP contribution is -2.38. The third-order valence-electron chi connectivity index (χ3n) is 2.86. The van der Waals surface area contributed by atoms with Gasteiger partial charge in [0.1, 0.15) is 0 Å². The van der Waals surface area contributed by atoms with Crippen LogP contribution >= 0.6 is 0 Å². The fourth-order valence-electron chi connectivity index (χ4n) is 1.86. The van der Waals surface area contributed by atoms with Crippen LogP contribution in [0.1, 0.15) is 32.1 Å². The molecule has 16 heavy (non-hydrogen) atoms. The highest BCUT2D eigenvalue weighted by Crippen LogP contribution is 2.11. The number of hydrogen-bond donors (Lipinski definition) is 3. The number of piperidine rings is 1. The Kier molecular flexibility index (Phi) is 5.85. The van der Waals surface area contributed by atoms with E-state index in [0.717, 1.165) is 38.8 Å². The molecule has 0 bridgehead atoms. The Hall–Kier alpha value is -1.10. The van der Waals surface area contributed by atoms with Crippen LogP contribution < -0.4 is 16.4 Å². The van der Waals surface area contributed by atoms with Gasteiger partial charge in [-0.25, -0.2) is 0 Å². The minimum Gasteiger partial charge on any atom is -0.370 e. The highest BCUT2D eigenvalue weighted by Gasteiger charge is 2.19. The van der Waals surface area contributed by atoms with Crippen LogP contribution in [0.2, 0.25) is 0 Å². The van der Waals surface area contributed by atoms with Gasteiger partial charge in [-0.2, -0.15) is 0 Å². The van der Waals surface area contributed by atoms with E-state index in [1.165, 1.54) is 0 Å². The lowest BCUT2D eigenvalue weighted by atomic mass is 9.97. The van der Waals surface area contributed by atoms with Gasteiger partial charge in [-0.05, 0) is 38.8 Å². The van der Waals surface area contributed by atoms with Crippen molar-refractivity contribution >= 4 is 11.8 Å². The lowest BCUT2D eigenvalue weighted by molar-refractivity contribution is -0.125. The molecule has 5 nitrogen and oxygen atoms in total. The standard InChI is InChI=1S/C11H21N3O2/c12-10(15)3-1-2-6-14-11(16)9-4-7-13-8-5-9/h9,13H,1-8H2,(H2,12,15)(H,14,16). The minimum absolute atomic E-state index is 0.153. The molecule has 4 N–H and O–H groups in total. The first-order valence-corrected chi connectivity index (χ1v) is 5.97. The number of carbonyl (C=O) groups excluding carboxylic acids is 2. The summed E-state index contributed by atoms with van der Waals surface area (Å²) in [6.07, 6.45) is 3.82. The Labute approximate surface area is 96.1 Å². The van der Waals surface area contributed by atoms with Crippen LogP contribution in [-0.4, -0.2) is 31.4 Å². The number of amides is 2. The average Bonchev–Trinajstić information content (AvgIpc) is 2.29. The van der Waals surface area contributed by atoms with Gasteiger partial charge in [0.2, 0.25) is 11.8 Å². The van der Waals surface area contributed by atoms with E-state index in [2.05, 4.69) is 10.6 Å². The maximum absolute atomic E-state index is 11.7. The van der Waals surface area contributed by atoms with Crippen molar-refractivity contribution in [2.24, 2.45) is 11.7 Å². The van der Waals surface area contributed by atoms with Gasteiger partial charge in [-0.15, -0.1) is 0 Å². The van der Waals surface area contributed by atoms with Gasteiger partial charge < -0.3 is 16.4 Å². The first kappa shape index (κ1) is 13.0. The predicted octanol–water partition coefficient (Wildman–Crippen LogP) is -0.242. The molecule has 1 saturated heterocycles. The molecule has 2 amide bonds. The van der Waals surface area contributed by atoms with Crippen molar-refractivity contribution in [1.29, 1.82) is 0 Å². The van der Waals surface area contributed by atoms with Gasteiger partial charge in [0, 0.05) is 18.9 Å². The summed E-state index contributed by atoms with van der Waals surface area (Å²) in [6, 6.07) is 0. The molecule has 1 rings (SSSR count). The molecule has 0 aliphatic carbocycles. The topological polar surface area (TPSA) is 84.2 Å². The van der Waals surface area contributed by atoms with Gasteiger partial charge in [0.15, 0.2) is 0 Å². The molecule has 5 heteroatoms. The van der Waals surface area contributed by atoms with Crippen molar-refractivity contribution in [3.05, 3.63) is 0 Å². The van der Waals surface area contributed by atoms with Crippen LogP contribution in [0, 0.1) is 5.92 Å². The molecule has 1 heterocycles. The Morgan fingerprint density at radius 1 is 1.25 bits per heavy atom. The largest absolute Gasteiger partial charge is 0.370 e. The zero-order chi connectivity index (χ0) is 11.8. The zero-order valence-electron chi connectivity index (χ0n) is 9.63. The molecular formula is C11H21N3O2. The SMILES string of the molecule is NC(=O)CCCCNC(=O)C1CCNCC1. The maximum Gasteiger partial charge on any atom is 0.223 e. The van der Waals surface area contributed by atoms with E-state index in [4.69, 9.17) is 5.73 Å². The Bertz CT molecular complexity index is 237. The van der Waals surface area contributed by atoms with E-state index in [0.29, 0.717) is 13.0 Å². The maximum atomic E-state index is 11.7. The van der Waals surface area contributed by atoms with Crippen molar-refractivity contribution in [2.45, 2.75) is 32.1 Å². The number of carbonyl (C=O) groups is 2. The second kappa shape index (κ2) is 7.22. The van der Waals surface area contributed by atoms with Crippen LogP contribution in [-0.2, 0) is 9.59 Å². The van der Waals surface area contributed by atoms with Crippen molar-refractivity contribution in [3.8, 4) is 0 Å². The normalized spacial score (nSPS) is 17.0. The quantitative estimate of drug-likeness (QED) is 0.547. The predicted molar refractivity (Wildman–Crippen MR) is 61.6 cm³/mol. The minimum atomic E-state index is -0.273. The van der Waals surface area contributed by atoms with E-state index in [1.54, 1.807) is 0 Å². The number of nitrogens with one attached hydrogen (secondary N) is 2. The van der Waals surface area contributed by atoms with E-state index < -0.39 is 0 Å². The van der Waals surface area contributed by atoms with Crippen molar-refractivity contribution in [3.63, 3.8) is 0 Å². The van der Waals surface area contributed by atoms with Crippen LogP contribution in [0.25, 0.3) is 0 Å². The van der Waals surface area contributed by atoms with Gasteiger partial charge in [0.05, 0.1) is 0 Å². The molecule has 0 atom stereocenters. The molecule has 0 aromatic rings. The molecule has 1 fully saturated rings. The fraction of sp³-hybridized carbons (Fsp3) is 0.818. The van der Waals surface area contributed by atoms with E-state index >= 15 is 0 Å². The molecule has 0 saturated carbocycles. The molecule has 0 unspecified atom stereocenters. The molecule has 0 aromatic carbocycles. The summed E-state index contributed by atoms with van der Waals surface area (Å²) in [6.45, 7) is 2.51. The molecule has 92 valence electrons. The number of nitrogens with two attached hydrogens (primary N) is 1. The van der Waals surface area contributed by atoms with E-state index in [9.17, 15) is 9.59 Å². The number of hydrogen-bond acceptors (Lipinski definition) is 3. The summed E-state index contributed by atoms with van der Waals surface area (Å²) in [5.41, 5.74) is 5.02. The third-order valence-corrected chi connectivity index (χ3v) is 2.86. The van der Waals surface area contributed by atoms with Gasteiger partial charge in [-0.1, -0.05) is 0 Å². The fourth-order valence-corrected chi connectivity index (χ4v) is 1.86. The Morgan fingerprint density at radius 2 is 1.94 bits per heavy atom. The molecule has 0 spiro atoms. The van der Waals surface area contributed by atoms with Crippen LogP contribution in [0.3, 0.4) is 0 Å². The van der Waals surface area contributed by atoms with Crippen LogP contribution in [0.4, 0.5) is 0 Å². The molecule has 1 aliphatic heterocycles. The average molecular weight is 227 g/mol. The van der Waals surface area contributed by atoms with Gasteiger partial charge in [0.25, 0.3) is 0 Å². The summed E-state index contributed by atoms with van der Waals surface area (Å²) in [5.74, 6) is 0.0441. The van der Waals surface area contributed by atoms with E-state index in [-0.39, 0.29) is 17.7 Å². The molecule has 0 radical (unpaired) electrons. The summed E-state index contributed by atoms with van der Waals surface area (Å²) in [4.78, 5) is 22.1. The first-order valence-electron chi connectivity index (χ1n) is 5.97. The first-order chi connectivity index (χ1) is 7.70. The third kappa shape index (κ3) is 5.11. The molecule has 0 aromatic heterocycles. The van der Waals surface area contributed by atoms with Crippen LogP contribution in [0.5, 0.6) is 0 Å². The highest BCUT2D eigenvalue weighted by atomic mass is 16.2. The van der Waals surface area contributed by atoms with Gasteiger partial charge in [-0.3, -0.25) is 9.59 Å². The summed E-state index contributed by atoms with van der Waals surface area (Å²) in [5, 5.41) is 6.13. The number of rotatable bonds is 6.